The third kappa shape index (κ3) is 7.29. The van der Waals surface area contributed by atoms with Crippen molar-refractivity contribution >= 4 is 57.2 Å². The quantitative estimate of drug-likeness (QED) is 0.149. The van der Waals surface area contributed by atoms with Crippen molar-refractivity contribution in [1.29, 1.82) is 0 Å². The summed E-state index contributed by atoms with van der Waals surface area (Å²) in [6.07, 6.45) is 4.08. The van der Waals surface area contributed by atoms with Crippen molar-refractivity contribution in [3.8, 4) is 0 Å². The second-order valence-corrected chi connectivity index (χ2v) is 16.3. The molecule has 4 aromatic rings. The van der Waals surface area contributed by atoms with E-state index in [1.807, 2.05) is 48.5 Å². The van der Waals surface area contributed by atoms with Gasteiger partial charge in [-0.05, 0) is 68.7 Å². The topological polar surface area (TPSA) is 215 Å². The van der Waals surface area contributed by atoms with E-state index in [9.17, 15) is 28.8 Å². The van der Waals surface area contributed by atoms with Gasteiger partial charge >= 0.3 is 0 Å². The van der Waals surface area contributed by atoms with Crippen molar-refractivity contribution in [2.24, 2.45) is 5.73 Å². The number of halogens is 1. The summed E-state index contributed by atoms with van der Waals surface area (Å²) in [7, 11) is 0. The van der Waals surface area contributed by atoms with Crippen LogP contribution in [-0.4, -0.2) is 110 Å². The van der Waals surface area contributed by atoms with E-state index < -0.39 is 83.5 Å². The molecular weight excluding hydrogens is 746 g/mol. The van der Waals surface area contributed by atoms with Gasteiger partial charge in [0.05, 0.1) is 0 Å². The van der Waals surface area contributed by atoms with Gasteiger partial charge in [0.15, 0.2) is 6.30 Å². The van der Waals surface area contributed by atoms with Gasteiger partial charge in [0, 0.05) is 59.6 Å². The number of hydrogen-bond donors (Lipinski definition) is 7. The Morgan fingerprint density at radius 3 is 1.95 bits per heavy atom. The van der Waals surface area contributed by atoms with Crippen molar-refractivity contribution in [2.45, 2.75) is 119 Å². The predicted molar refractivity (Wildman–Crippen MR) is 212 cm³/mol. The van der Waals surface area contributed by atoms with E-state index in [2.05, 4.69) is 31.2 Å². The van der Waals surface area contributed by atoms with E-state index in [4.69, 9.17) is 5.73 Å². The number of alkyl halides is 1. The standard InChI is InChI=1S/C42H50FN9O6/c1-23(44)35-40(57)51-18-8-13-33(51)39(56)52-32(14-15-34(52)43)38(55)47-31(20-25-22-46-29-12-5-3-10-27(25)29)37(54)50-42(16-6-7-17-42)41(58)48-30(36(53)49-35)19-24-21-45-28-11-4-2-9-26(24)28/h2-5,9-12,21-23,30-35,45-46H,6-8,13-20,44H2,1H3,(H,47,55)(H,48,58)(H,49,53)(H,50,54)/t23?,30-,31-,32-,33+,34-,35-/m0/s1. The first-order chi connectivity index (χ1) is 27.9. The molecule has 0 bridgehead atoms. The number of carbonyl (C=O) groups is 6. The van der Waals surface area contributed by atoms with Gasteiger partial charge in [0.2, 0.25) is 35.4 Å². The van der Waals surface area contributed by atoms with Crippen molar-refractivity contribution in [3.05, 3.63) is 72.1 Å². The molecule has 2 aromatic heterocycles. The molecule has 4 fully saturated rings. The fourth-order valence-electron chi connectivity index (χ4n) is 9.36. The van der Waals surface area contributed by atoms with Gasteiger partial charge in [-0.2, -0.15) is 0 Å². The van der Waals surface area contributed by atoms with Crippen LogP contribution in [0.3, 0.4) is 0 Å². The number of hydrogen-bond acceptors (Lipinski definition) is 7. The lowest BCUT2D eigenvalue weighted by Gasteiger charge is -2.36. The number of fused-ring (bicyclic) bond motifs is 4. The maximum atomic E-state index is 15.8. The number of rotatable bonds is 5. The molecule has 4 aliphatic rings. The fraction of sp³-hybridized carbons (Fsp3) is 0.476. The number of nitrogens with one attached hydrogen (secondary N) is 6. The number of benzene rings is 2. The van der Waals surface area contributed by atoms with Crippen LogP contribution in [-0.2, 0) is 41.6 Å². The number of para-hydroxylation sites is 2. The van der Waals surface area contributed by atoms with E-state index >= 15 is 4.39 Å². The van der Waals surface area contributed by atoms with Crippen LogP contribution in [0, 0.1) is 0 Å². The molecule has 16 heteroatoms. The molecule has 8 rings (SSSR count). The molecule has 2 aromatic carbocycles. The molecule has 1 spiro atoms. The minimum atomic E-state index is -1.80. The third-order valence-electron chi connectivity index (χ3n) is 12.5. The Hall–Kier alpha value is -5.77. The Morgan fingerprint density at radius 2 is 1.33 bits per heavy atom. The minimum absolute atomic E-state index is 0.00348. The molecule has 1 saturated carbocycles. The van der Waals surface area contributed by atoms with Gasteiger partial charge in [0.1, 0.15) is 35.7 Å². The van der Waals surface area contributed by atoms with Crippen LogP contribution < -0.4 is 27.0 Å². The van der Waals surface area contributed by atoms with Crippen LogP contribution >= 0.6 is 0 Å². The molecule has 6 amide bonds. The van der Waals surface area contributed by atoms with Crippen LogP contribution in [0.4, 0.5) is 4.39 Å². The molecule has 1 aliphatic carbocycles. The van der Waals surface area contributed by atoms with Crippen molar-refractivity contribution in [2.75, 3.05) is 6.54 Å². The van der Waals surface area contributed by atoms with E-state index in [1.165, 1.54) is 4.90 Å². The van der Waals surface area contributed by atoms with Gasteiger partial charge in [-0.1, -0.05) is 49.2 Å². The van der Waals surface area contributed by atoms with E-state index in [1.54, 1.807) is 19.3 Å². The highest BCUT2D eigenvalue weighted by Crippen LogP contribution is 2.33. The maximum Gasteiger partial charge on any atom is 0.248 e. The molecule has 8 N–H and O–H groups in total. The average Bonchev–Trinajstić information content (AvgIpc) is 4.07. The number of amides is 6. The van der Waals surface area contributed by atoms with Crippen LogP contribution in [0.25, 0.3) is 21.8 Å². The van der Waals surface area contributed by atoms with Gasteiger partial charge in [-0.3, -0.25) is 33.7 Å². The molecule has 3 saturated heterocycles. The molecule has 7 atom stereocenters. The lowest BCUT2D eigenvalue weighted by atomic mass is 9.93. The summed E-state index contributed by atoms with van der Waals surface area (Å²) in [4.78, 5) is 95.1. The highest BCUT2D eigenvalue weighted by atomic mass is 19.1. The molecule has 15 nitrogen and oxygen atoms in total. The molecule has 1 unspecified atom stereocenters. The summed E-state index contributed by atoms with van der Waals surface area (Å²) in [5, 5.41) is 13.2. The Bertz CT molecular complexity index is 2250. The van der Waals surface area contributed by atoms with Gasteiger partial charge < -0.3 is 41.9 Å². The highest BCUT2D eigenvalue weighted by molar-refractivity contribution is 6.00. The number of carbonyl (C=O) groups excluding carboxylic acids is 6. The molecule has 306 valence electrons. The monoisotopic (exact) mass is 795 g/mol. The average molecular weight is 796 g/mol. The van der Waals surface area contributed by atoms with Crippen LogP contribution in [0.15, 0.2) is 60.9 Å². The maximum absolute atomic E-state index is 15.8. The van der Waals surface area contributed by atoms with Gasteiger partial charge in [-0.25, -0.2) is 4.39 Å². The molecule has 3 aliphatic heterocycles. The zero-order chi connectivity index (χ0) is 40.7. The summed E-state index contributed by atoms with van der Waals surface area (Å²) >= 11 is 0. The first kappa shape index (κ1) is 39.1. The number of nitrogens with two attached hydrogens (primary N) is 1. The lowest BCUT2D eigenvalue weighted by Crippen LogP contribution is -2.66. The Morgan fingerprint density at radius 1 is 0.724 bits per heavy atom. The van der Waals surface area contributed by atoms with E-state index in [0.29, 0.717) is 19.3 Å². The zero-order valence-corrected chi connectivity index (χ0v) is 32.4. The zero-order valence-electron chi connectivity index (χ0n) is 32.4. The predicted octanol–water partition coefficient (Wildman–Crippen LogP) is 1.96. The Balaban J connectivity index is 1.19. The highest BCUT2D eigenvalue weighted by Gasteiger charge is 2.50. The third-order valence-corrected chi connectivity index (χ3v) is 12.5. The van der Waals surface area contributed by atoms with Crippen molar-refractivity contribution in [1.82, 2.24) is 41.0 Å². The van der Waals surface area contributed by atoms with Crippen LogP contribution in [0.1, 0.15) is 69.4 Å². The summed E-state index contributed by atoms with van der Waals surface area (Å²) in [5.74, 6) is -3.94. The number of aromatic amines is 2. The Labute approximate surface area is 334 Å². The Kier molecular flexibility index (Phi) is 10.7. The summed E-state index contributed by atoms with van der Waals surface area (Å²) < 4.78 is 15.8. The van der Waals surface area contributed by atoms with Crippen molar-refractivity contribution < 1.29 is 33.2 Å². The van der Waals surface area contributed by atoms with Crippen LogP contribution in [0.2, 0.25) is 0 Å². The normalized spacial score (nSPS) is 27.8. The summed E-state index contributed by atoms with van der Waals surface area (Å²) in [6, 6.07) is 8.02. The van der Waals surface area contributed by atoms with Gasteiger partial charge in [-0.15, -0.1) is 0 Å². The first-order valence-electron chi connectivity index (χ1n) is 20.3. The second-order valence-electron chi connectivity index (χ2n) is 16.3. The number of H-pyrrole nitrogens is 2. The van der Waals surface area contributed by atoms with Gasteiger partial charge in [0.25, 0.3) is 0 Å². The first-order valence-corrected chi connectivity index (χ1v) is 20.3. The van der Waals surface area contributed by atoms with Crippen LogP contribution in [0.5, 0.6) is 0 Å². The SMILES string of the molecule is CC(N)[C@@H]1NC(=O)[C@H](Cc2c[nH]c3ccccc23)NC(=O)C2(CCCC2)NC(=O)[C@H](Cc2c[nH]c3ccccc23)NC(=O)[C@@H]2CC[C@@H](F)N2C(=O)[C@H]2CCCN2C1=O. The summed E-state index contributed by atoms with van der Waals surface area (Å²) in [5.41, 5.74) is 8.03. The van der Waals surface area contributed by atoms with Crippen molar-refractivity contribution in [3.63, 3.8) is 0 Å². The number of aromatic nitrogens is 2. The lowest BCUT2D eigenvalue weighted by molar-refractivity contribution is -0.152. The summed E-state index contributed by atoms with van der Waals surface area (Å²) in [6.45, 7) is 1.71. The number of nitrogens with zero attached hydrogens (tertiary/aromatic N) is 2. The molecule has 5 heterocycles. The largest absolute Gasteiger partial charge is 0.361 e. The second kappa shape index (κ2) is 15.9. The van der Waals surface area contributed by atoms with E-state index in [0.717, 1.165) is 37.8 Å². The smallest absolute Gasteiger partial charge is 0.248 e. The molecule has 0 radical (unpaired) electrons. The van der Waals surface area contributed by atoms with E-state index in [-0.39, 0.29) is 51.5 Å². The fourth-order valence-corrected chi connectivity index (χ4v) is 9.36. The minimum Gasteiger partial charge on any atom is -0.361 e. The molecule has 58 heavy (non-hydrogen) atoms. The molecular formula is C42H50FN9O6.